The van der Waals surface area contributed by atoms with E-state index in [4.69, 9.17) is 4.74 Å². The number of aromatic nitrogens is 1. The highest BCUT2D eigenvalue weighted by Crippen LogP contribution is 2.18. The molecule has 2 rings (SSSR count). The fourth-order valence-electron chi connectivity index (χ4n) is 2.66. The highest BCUT2D eigenvalue weighted by atomic mass is 32.1. The molecule has 1 saturated heterocycles. The van der Waals surface area contributed by atoms with E-state index in [0.29, 0.717) is 19.7 Å². The van der Waals surface area contributed by atoms with Crippen molar-refractivity contribution in [2.75, 3.05) is 26.2 Å². The number of rotatable bonds is 5. The van der Waals surface area contributed by atoms with Gasteiger partial charge in [-0.2, -0.15) is 0 Å². The van der Waals surface area contributed by atoms with Gasteiger partial charge in [0, 0.05) is 30.7 Å². The first kappa shape index (κ1) is 17.7. The molecule has 0 saturated carbocycles. The van der Waals surface area contributed by atoms with Gasteiger partial charge in [-0.3, -0.25) is 4.79 Å². The van der Waals surface area contributed by atoms with E-state index in [1.807, 2.05) is 20.0 Å². The molecule has 0 aliphatic carbocycles. The Bertz CT molecular complexity index is 544. The summed E-state index contributed by atoms with van der Waals surface area (Å²) < 4.78 is 5.17. The standard InChI is InChI=1S/C16H26N4O2S/c1-4-17-16(19-10-14-18-9-12(3)23-14)20-8-6-7-13(11-20)15(21)22-5-2/h9,13H,4-8,10-11H2,1-3H3,(H,17,19). The molecule has 7 heteroatoms. The van der Waals surface area contributed by atoms with Crippen LogP contribution in [-0.2, 0) is 16.1 Å². The Labute approximate surface area is 142 Å². The minimum absolute atomic E-state index is 0.0605. The number of guanidine groups is 1. The van der Waals surface area contributed by atoms with Gasteiger partial charge < -0.3 is 15.0 Å². The number of carbonyl (C=O) groups excluding carboxylic acids is 1. The zero-order valence-corrected chi connectivity index (χ0v) is 15.0. The van der Waals surface area contributed by atoms with Crippen LogP contribution < -0.4 is 5.32 Å². The van der Waals surface area contributed by atoms with E-state index in [-0.39, 0.29) is 11.9 Å². The average molecular weight is 338 g/mol. The second-order valence-electron chi connectivity index (χ2n) is 5.57. The predicted octanol–water partition coefficient (Wildman–Crippen LogP) is 2.19. The Balaban J connectivity index is 2.02. The van der Waals surface area contributed by atoms with Gasteiger partial charge in [-0.15, -0.1) is 11.3 Å². The third-order valence-electron chi connectivity index (χ3n) is 3.71. The molecule has 1 aromatic rings. The molecule has 0 spiro atoms. The topological polar surface area (TPSA) is 66.8 Å². The number of aryl methyl sites for hydroxylation is 1. The first-order valence-corrected chi connectivity index (χ1v) is 9.06. The Kier molecular flexibility index (Phi) is 6.83. The normalized spacial score (nSPS) is 18.8. The fraction of sp³-hybridized carbons (Fsp3) is 0.688. The third-order valence-corrected chi connectivity index (χ3v) is 4.61. The van der Waals surface area contributed by atoms with Crippen LogP contribution in [0.25, 0.3) is 0 Å². The first-order valence-electron chi connectivity index (χ1n) is 8.25. The van der Waals surface area contributed by atoms with Crippen molar-refractivity contribution in [3.8, 4) is 0 Å². The highest BCUT2D eigenvalue weighted by Gasteiger charge is 2.28. The summed E-state index contributed by atoms with van der Waals surface area (Å²) in [6.45, 7) is 9.34. The zero-order chi connectivity index (χ0) is 16.7. The van der Waals surface area contributed by atoms with Crippen molar-refractivity contribution >= 4 is 23.3 Å². The van der Waals surface area contributed by atoms with Crippen molar-refractivity contribution in [2.45, 2.75) is 40.2 Å². The minimum Gasteiger partial charge on any atom is -0.466 e. The number of carbonyl (C=O) groups is 1. The number of nitrogens with zero attached hydrogens (tertiary/aromatic N) is 3. The number of likely N-dealkylation sites (tertiary alicyclic amines) is 1. The van der Waals surface area contributed by atoms with Crippen molar-refractivity contribution in [1.29, 1.82) is 0 Å². The third kappa shape index (κ3) is 5.20. The Morgan fingerprint density at radius 3 is 3.04 bits per heavy atom. The van der Waals surface area contributed by atoms with Crippen molar-refractivity contribution in [3.63, 3.8) is 0 Å². The van der Waals surface area contributed by atoms with Gasteiger partial charge in [0.2, 0.25) is 0 Å². The summed E-state index contributed by atoms with van der Waals surface area (Å²) in [5.74, 6) is 0.701. The van der Waals surface area contributed by atoms with Gasteiger partial charge in [0.15, 0.2) is 5.96 Å². The van der Waals surface area contributed by atoms with Crippen molar-refractivity contribution in [1.82, 2.24) is 15.2 Å². The van der Waals surface area contributed by atoms with Crippen molar-refractivity contribution < 1.29 is 9.53 Å². The van der Waals surface area contributed by atoms with Crippen LogP contribution in [0.3, 0.4) is 0 Å². The number of ether oxygens (including phenoxy) is 1. The van der Waals surface area contributed by atoms with Gasteiger partial charge in [-0.25, -0.2) is 9.98 Å². The molecule has 0 aromatic carbocycles. The molecule has 1 fully saturated rings. The van der Waals surface area contributed by atoms with E-state index in [0.717, 1.165) is 36.9 Å². The molecule has 128 valence electrons. The summed E-state index contributed by atoms with van der Waals surface area (Å²) in [5, 5.41) is 4.33. The number of esters is 1. The molecule has 1 unspecified atom stereocenters. The maximum atomic E-state index is 12.0. The maximum absolute atomic E-state index is 12.0. The van der Waals surface area contributed by atoms with Crippen LogP contribution in [0.15, 0.2) is 11.2 Å². The lowest BCUT2D eigenvalue weighted by atomic mass is 9.98. The molecule has 23 heavy (non-hydrogen) atoms. The predicted molar refractivity (Wildman–Crippen MR) is 92.6 cm³/mol. The van der Waals surface area contributed by atoms with E-state index in [9.17, 15) is 4.79 Å². The second-order valence-corrected chi connectivity index (χ2v) is 6.89. The quantitative estimate of drug-likeness (QED) is 0.506. The molecular formula is C16H26N4O2S. The van der Waals surface area contributed by atoms with E-state index < -0.39 is 0 Å². The molecule has 1 aliphatic rings. The van der Waals surface area contributed by atoms with Gasteiger partial charge in [0.1, 0.15) is 5.01 Å². The van der Waals surface area contributed by atoms with Crippen LogP contribution in [0, 0.1) is 12.8 Å². The number of aliphatic imine (C=N–C) groups is 1. The lowest BCUT2D eigenvalue weighted by molar-refractivity contribution is -0.149. The molecular weight excluding hydrogens is 312 g/mol. The van der Waals surface area contributed by atoms with E-state index in [1.54, 1.807) is 11.3 Å². The fourth-order valence-corrected chi connectivity index (χ4v) is 3.38. The van der Waals surface area contributed by atoms with Gasteiger partial charge in [-0.05, 0) is 33.6 Å². The number of thiazole rings is 1. The highest BCUT2D eigenvalue weighted by molar-refractivity contribution is 7.11. The zero-order valence-electron chi connectivity index (χ0n) is 14.2. The average Bonchev–Trinajstić information content (AvgIpc) is 2.97. The lowest BCUT2D eigenvalue weighted by Gasteiger charge is -2.33. The summed E-state index contributed by atoms with van der Waals surface area (Å²) >= 11 is 1.67. The number of piperidine rings is 1. The summed E-state index contributed by atoms with van der Waals surface area (Å²) in [5.41, 5.74) is 0. The van der Waals surface area contributed by atoms with Gasteiger partial charge >= 0.3 is 5.97 Å². The van der Waals surface area contributed by atoms with Gasteiger partial charge in [0.25, 0.3) is 0 Å². The summed E-state index contributed by atoms with van der Waals surface area (Å²) in [6.07, 6.45) is 3.74. The van der Waals surface area contributed by atoms with Gasteiger partial charge in [0.05, 0.1) is 19.1 Å². The van der Waals surface area contributed by atoms with Crippen LogP contribution in [-0.4, -0.2) is 48.1 Å². The Hall–Kier alpha value is -1.63. The summed E-state index contributed by atoms with van der Waals surface area (Å²) in [6, 6.07) is 0. The van der Waals surface area contributed by atoms with Gasteiger partial charge in [-0.1, -0.05) is 0 Å². The number of hydrogen-bond donors (Lipinski definition) is 1. The second kappa shape index (κ2) is 8.86. The van der Waals surface area contributed by atoms with Crippen LogP contribution in [0.1, 0.15) is 36.6 Å². The summed E-state index contributed by atoms with van der Waals surface area (Å²) in [7, 11) is 0. The first-order chi connectivity index (χ1) is 11.1. The van der Waals surface area contributed by atoms with Crippen molar-refractivity contribution in [2.24, 2.45) is 10.9 Å². The Morgan fingerprint density at radius 2 is 2.39 bits per heavy atom. The van der Waals surface area contributed by atoms with Crippen molar-refractivity contribution in [3.05, 3.63) is 16.1 Å². The minimum atomic E-state index is -0.0939. The molecule has 0 bridgehead atoms. The van der Waals surface area contributed by atoms with E-state index >= 15 is 0 Å². The number of hydrogen-bond acceptors (Lipinski definition) is 5. The SMILES string of the molecule is CCNC(=NCc1ncc(C)s1)N1CCCC(C(=O)OCC)C1. The van der Waals surface area contributed by atoms with E-state index in [2.05, 4.69) is 27.1 Å². The van der Waals surface area contributed by atoms with Crippen LogP contribution in [0.5, 0.6) is 0 Å². The monoisotopic (exact) mass is 338 g/mol. The smallest absolute Gasteiger partial charge is 0.310 e. The van der Waals surface area contributed by atoms with Crippen LogP contribution >= 0.6 is 11.3 Å². The molecule has 2 heterocycles. The van der Waals surface area contributed by atoms with Crippen LogP contribution in [0.4, 0.5) is 0 Å². The lowest BCUT2D eigenvalue weighted by Crippen LogP contribution is -2.48. The molecule has 1 aromatic heterocycles. The molecule has 0 radical (unpaired) electrons. The molecule has 0 amide bonds. The molecule has 1 atom stereocenters. The number of nitrogens with one attached hydrogen (secondary N) is 1. The molecule has 6 nitrogen and oxygen atoms in total. The summed E-state index contributed by atoms with van der Waals surface area (Å²) in [4.78, 5) is 24.4. The largest absolute Gasteiger partial charge is 0.466 e. The van der Waals surface area contributed by atoms with Crippen LogP contribution in [0.2, 0.25) is 0 Å². The molecule has 1 aliphatic heterocycles. The molecule has 1 N–H and O–H groups in total. The maximum Gasteiger partial charge on any atom is 0.310 e. The Morgan fingerprint density at radius 1 is 1.57 bits per heavy atom. The van der Waals surface area contributed by atoms with E-state index in [1.165, 1.54) is 4.88 Å².